The topological polar surface area (TPSA) is 55.8 Å². The van der Waals surface area contributed by atoms with Gasteiger partial charge in [0.25, 0.3) is 0 Å². The molecule has 88 valence electrons. The minimum Gasteiger partial charge on any atom is -0.493 e. The van der Waals surface area contributed by atoms with Crippen LogP contribution in [-0.2, 0) is 4.74 Å². The predicted octanol–water partition coefficient (Wildman–Crippen LogP) is 2.00. The number of methoxy groups -OCH3 is 1. The smallest absolute Gasteiger partial charge is 0.338 e. The average molecular weight is 289 g/mol. The van der Waals surface area contributed by atoms with Crippen molar-refractivity contribution in [3.63, 3.8) is 0 Å². The lowest BCUT2D eigenvalue weighted by Crippen LogP contribution is -2.04. The Kier molecular flexibility index (Phi) is 5.28. The van der Waals surface area contributed by atoms with Crippen molar-refractivity contribution in [1.29, 1.82) is 0 Å². The molecule has 0 unspecified atom stereocenters. The molecule has 0 saturated heterocycles. The van der Waals surface area contributed by atoms with Crippen molar-refractivity contribution >= 4 is 21.9 Å². The Hall–Kier alpha value is -1.07. The fraction of sp³-hybridized carbons (Fsp3) is 0.364. The zero-order valence-electron chi connectivity index (χ0n) is 8.90. The number of benzene rings is 1. The van der Waals surface area contributed by atoms with Crippen LogP contribution in [0.3, 0.4) is 0 Å². The van der Waals surface area contributed by atoms with Crippen LogP contribution < -0.4 is 4.74 Å². The van der Waals surface area contributed by atoms with Gasteiger partial charge in [-0.2, -0.15) is 0 Å². The number of hydrogen-bond donors (Lipinski definition) is 1. The molecular formula is C11H13BrO4. The van der Waals surface area contributed by atoms with Crippen molar-refractivity contribution in [3.8, 4) is 5.75 Å². The van der Waals surface area contributed by atoms with Crippen LogP contribution in [0.5, 0.6) is 5.75 Å². The van der Waals surface area contributed by atoms with Gasteiger partial charge in [0, 0.05) is 17.5 Å². The lowest BCUT2D eigenvalue weighted by molar-refractivity contribution is 0.0600. The SMILES string of the molecule is COC(=O)c1cc(Br)cc(OCCCO)c1. The molecule has 0 atom stereocenters. The van der Waals surface area contributed by atoms with E-state index in [9.17, 15) is 4.79 Å². The van der Waals surface area contributed by atoms with Crippen molar-refractivity contribution in [2.24, 2.45) is 0 Å². The molecule has 0 fully saturated rings. The molecule has 0 saturated carbocycles. The van der Waals surface area contributed by atoms with Gasteiger partial charge in [-0.15, -0.1) is 0 Å². The molecule has 0 aliphatic carbocycles. The number of carbonyl (C=O) groups is 1. The maximum atomic E-state index is 11.3. The summed E-state index contributed by atoms with van der Waals surface area (Å²) in [5.74, 6) is 0.163. The van der Waals surface area contributed by atoms with Gasteiger partial charge in [-0.3, -0.25) is 0 Å². The van der Waals surface area contributed by atoms with Crippen molar-refractivity contribution in [2.45, 2.75) is 6.42 Å². The first-order valence-electron chi connectivity index (χ1n) is 4.80. The Morgan fingerprint density at radius 3 is 2.81 bits per heavy atom. The summed E-state index contributed by atoms with van der Waals surface area (Å²) in [5.41, 5.74) is 0.427. The number of rotatable bonds is 5. The summed E-state index contributed by atoms with van der Waals surface area (Å²) in [4.78, 5) is 11.3. The van der Waals surface area contributed by atoms with Gasteiger partial charge >= 0.3 is 5.97 Å². The van der Waals surface area contributed by atoms with E-state index in [1.807, 2.05) is 0 Å². The highest BCUT2D eigenvalue weighted by Crippen LogP contribution is 2.22. The molecule has 1 N–H and O–H groups in total. The minimum absolute atomic E-state index is 0.0812. The highest BCUT2D eigenvalue weighted by atomic mass is 79.9. The molecule has 0 aliphatic rings. The third kappa shape index (κ3) is 3.83. The van der Waals surface area contributed by atoms with Crippen molar-refractivity contribution < 1.29 is 19.4 Å². The van der Waals surface area contributed by atoms with Gasteiger partial charge < -0.3 is 14.6 Å². The standard InChI is InChI=1S/C11H13BrO4/c1-15-11(14)8-5-9(12)7-10(6-8)16-4-2-3-13/h5-7,13H,2-4H2,1H3. The van der Waals surface area contributed by atoms with Gasteiger partial charge in [-0.1, -0.05) is 15.9 Å². The van der Waals surface area contributed by atoms with Gasteiger partial charge in [-0.25, -0.2) is 4.79 Å². The van der Waals surface area contributed by atoms with E-state index in [1.54, 1.807) is 18.2 Å². The Bertz CT molecular complexity index is 365. The van der Waals surface area contributed by atoms with Crippen LogP contribution in [0.25, 0.3) is 0 Å². The molecule has 1 rings (SSSR count). The van der Waals surface area contributed by atoms with Crippen molar-refractivity contribution in [2.75, 3.05) is 20.3 Å². The number of ether oxygens (including phenoxy) is 2. The van der Waals surface area contributed by atoms with E-state index in [2.05, 4.69) is 20.7 Å². The van der Waals surface area contributed by atoms with Gasteiger partial charge in [0.15, 0.2) is 0 Å². The van der Waals surface area contributed by atoms with E-state index in [1.165, 1.54) is 7.11 Å². The highest BCUT2D eigenvalue weighted by Gasteiger charge is 2.08. The van der Waals surface area contributed by atoms with Crippen LogP contribution >= 0.6 is 15.9 Å². The van der Waals surface area contributed by atoms with Gasteiger partial charge in [0.05, 0.1) is 19.3 Å². The van der Waals surface area contributed by atoms with Gasteiger partial charge in [0.2, 0.25) is 0 Å². The molecule has 0 heterocycles. The maximum absolute atomic E-state index is 11.3. The predicted molar refractivity (Wildman–Crippen MR) is 62.7 cm³/mol. The number of hydrogen-bond acceptors (Lipinski definition) is 4. The molecule has 16 heavy (non-hydrogen) atoms. The first kappa shape index (κ1) is 13.0. The molecule has 0 amide bonds. The maximum Gasteiger partial charge on any atom is 0.338 e. The van der Waals surface area contributed by atoms with Crippen LogP contribution in [-0.4, -0.2) is 31.4 Å². The molecule has 0 aliphatic heterocycles. The summed E-state index contributed by atoms with van der Waals surface area (Å²) < 4.78 is 10.7. The van der Waals surface area contributed by atoms with Crippen LogP contribution in [0.1, 0.15) is 16.8 Å². The van der Waals surface area contributed by atoms with E-state index < -0.39 is 5.97 Å². The van der Waals surface area contributed by atoms with E-state index in [4.69, 9.17) is 9.84 Å². The number of halogens is 1. The molecular weight excluding hydrogens is 276 g/mol. The highest BCUT2D eigenvalue weighted by molar-refractivity contribution is 9.10. The third-order valence-electron chi connectivity index (χ3n) is 1.86. The lowest BCUT2D eigenvalue weighted by Gasteiger charge is -2.07. The molecule has 5 heteroatoms. The fourth-order valence-electron chi connectivity index (χ4n) is 1.14. The second-order valence-electron chi connectivity index (χ2n) is 3.09. The molecule has 1 aromatic carbocycles. The Morgan fingerprint density at radius 2 is 2.19 bits per heavy atom. The van der Waals surface area contributed by atoms with Crippen LogP contribution in [0.4, 0.5) is 0 Å². The zero-order valence-corrected chi connectivity index (χ0v) is 10.5. The average Bonchev–Trinajstić information content (AvgIpc) is 2.27. The van der Waals surface area contributed by atoms with E-state index in [0.29, 0.717) is 24.3 Å². The number of carbonyl (C=O) groups excluding carboxylic acids is 1. The normalized spacial score (nSPS) is 9.94. The van der Waals surface area contributed by atoms with E-state index in [0.717, 1.165) is 4.47 Å². The second-order valence-corrected chi connectivity index (χ2v) is 4.01. The molecule has 0 radical (unpaired) electrons. The van der Waals surface area contributed by atoms with E-state index in [-0.39, 0.29) is 6.61 Å². The molecule has 0 bridgehead atoms. The third-order valence-corrected chi connectivity index (χ3v) is 2.32. The molecule has 1 aromatic rings. The zero-order chi connectivity index (χ0) is 12.0. The van der Waals surface area contributed by atoms with E-state index >= 15 is 0 Å². The molecule has 0 spiro atoms. The summed E-state index contributed by atoms with van der Waals surface area (Å²) in [6.45, 7) is 0.491. The first-order chi connectivity index (χ1) is 7.67. The monoisotopic (exact) mass is 288 g/mol. The Morgan fingerprint density at radius 1 is 1.44 bits per heavy atom. The largest absolute Gasteiger partial charge is 0.493 e. The first-order valence-corrected chi connectivity index (χ1v) is 5.59. The minimum atomic E-state index is -0.409. The second kappa shape index (κ2) is 6.50. The summed E-state index contributed by atoms with van der Waals surface area (Å²) >= 11 is 3.28. The van der Waals surface area contributed by atoms with Crippen molar-refractivity contribution in [1.82, 2.24) is 0 Å². The summed E-state index contributed by atoms with van der Waals surface area (Å²) in [5, 5.41) is 8.62. The summed E-state index contributed by atoms with van der Waals surface area (Å²) in [7, 11) is 1.33. The van der Waals surface area contributed by atoms with Gasteiger partial charge in [0.1, 0.15) is 5.75 Å². The fourth-order valence-corrected chi connectivity index (χ4v) is 1.61. The lowest BCUT2D eigenvalue weighted by atomic mass is 10.2. The van der Waals surface area contributed by atoms with Crippen LogP contribution in [0, 0.1) is 0 Å². The number of aliphatic hydroxyl groups is 1. The van der Waals surface area contributed by atoms with Gasteiger partial charge in [-0.05, 0) is 18.2 Å². The Labute approximate surface area is 102 Å². The number of aliphatic hydroxyl groups excluding tert-OH is 1. The molecule has 0 aromatic heterocycles. The summed E-state index contributed by atoms with van der Waals surface area (Å²) in [6, 6.07) is 5.02. The van der Waals surface area contributed by atoms with Crippen LogP contribution in [0.2, 0.25) is 0 Å². The van der Waals surface area contributed by atoms with Crippen LogP contribution in [0.15, 0.2) is 22.7 Å². The quantitative estimate of drug-likeness (QED) is 0.665. The molecule has 4 nitrogen and oxygen atoms in total. The Balaban J connectivity index is 2.77. The summed E-state index contributed by atoms with van der Waals surface area (Å²) in [6.07, 6.45) is 0.556. The van der Waals surface area contributed by atoms with Crippen molar-refractivity contribution in [3.05, 3.63) is 28.2 Å². The number of esters is 1.